The number of aromatic amines is 1. The molecule has 28 heavy (non-hydrogen) atoms. The minimum atomic E-state index is -0.561. The Bertz CT molecular complexity index is 884. The molecule has 2 atom stereocenters. The van der Waals surface area contributed by atoms with E-state index in [-0.39, 0.29) is 23.9 Å². The van der Waals surface area contributed by atoms with Crippen LogP contribution < -0.4 is 16.7 Å². The zero-order chi connectivity index (χ0) is 20.3. The van der Waals surface area contributed by atoms with Crippen LogP contribution in [0.15, 0.2) is 33.9 Å². The standard InChI is InChI=1S/C20H28N4O4/c1-12(2)17(25)15-6-4-5-14(11-15)13(3)21-18-22-19(26)24(20(27)23-18)16-7-9-28-10-8-16/h4-6,11-13,16-17,25H,7-10H2,1-3H3,(H2,21,22,23,26,27)/t13-,17+/m0/s1. The average molecular weight is 388 g/mol. The van der Waals surface area contributed by atoms with Crippen molar-refractivity contribution in [1.29, 1.82) is 0 Å². The number of nitrogens with zero attached hydrogens (tertiary/aromatic N) is 2. The molecule has 2 heterocycles. The van der Waals surface area contributed by atoms with E-state index < -0.39 is 17.5 Å². The topological polar surface area (TPSA) is 109 Å². The normalized spacial score (nSPS) is 17.5. The van der Waals surface area contributed by atoms with Crippen molar-refractivity contribution < 1.29 is 9.84 Å². The second-order valence-electron chi connectivity index (χ2n) is 7.61. The Balaban J connectivity index is 1.79. The highest BCUT2D eigenvalue weighted by atomic mass is 16.5. The summed E-state index contributed by atoms with van der Waals surface area (Å²) >= 11 is 0. The van der Waals surface area contributed by atoms with E-state index in [1.165, 1.54) is 4.57 Å². The monoisotopic (exact) mass is 388 g/mol. The van der Waals surface area contributed by atoms with Gasteiger partial charge in [-0.15, -0.1) is 0 Å². The van der Waals surface area contributed by atoms with E-state index in [0.29, 0.717) is 26.1 Å². The number of aliphatic hydroxyl groups excluding tert-OH is 1. The Morgan fingerprint density at radius 2 is 1.89 bits per heavy atom. The van der Waals surface area contributed by atoms with Crippen LogP contribution in [0.5, 0.6) is 0 Å². The predicted molar refractivity (Wildman–Crippen MR) is 106 cm³/mol. The van der Waals surface area contributed by atoms with Crippen molar-refractivity contribution in [2.24, 2.45) is 5.92 Å². The molecule has 1 aliphatic heterocycles. The van der Waals surface area contributed by atoms with Gasteiger partial charge in [-0.25, -0.2) is 14.2 Å². The summed E-state index contributed by atoms with van der Waals surface area (Å²) in [5.41, 5.74) is 0.728. The third-order valence-corrected chi connectivity index (χ3v) is 5.15. The molecule has 2 aromatic rings. The van der Waals surface area contributed by atoms with Crippen LogP contribution in [0.2, 0.25) is 0 Å². The van der Waals surface area contributed by atoms with Gasteiger partial charge < -0.3 is 15.2 Å². The van der Waals surface area contributed by atoms with Crippen LogP contribution in [-0.2, 0) is 4.74 Å². The van der Waals surface area contributed by atoms with Gasteiger partial charge in [0.15, 0.2) is 0 Å². The number of ether oxygens (including phenoxy) is 1. The summed E-state index contributed by atoms with van der Waals surface area (Å²) in [5, 5.41) is 13.4. The molecular formula is C20H28N4O4. The molecule has 152 valence electrons. The first-order valence-electron chi connectivity index (χ1n) is 9.72. The molecule has 1 saturated heterocycles. The fourth-order valence-electron chi connectivity index (χ4n) is 3.45. The number of rotatable bonds is 6. The zero-order valence-corrected chi connectivity index (χ0v) is 16.5. The fraction of sp³-hybridized carbons (Fsp3) is 0.550. The molecule has 0 spiro atoms. The Kier molecular flexibility index (Phi) is 6.31. The van der Waals surface area contributed by atoms with Crippen LogP contribution in [0.4, 0.5) is 5.95 Å². The minimum Gasteiger partial charge on any atom is -0.388 e. The lowest BCUT2D eigenvalue weighted by atomic mass is 9.96. The highest BCUT2D eigenvalue weighted by Gasteiger charge is 2.21. The van der Waals surface area contributed by atoms with Gasteiger partial charge in [-0.05, 0) is 36.8 Å². The lowest BCUT2D eigenvalue weighted by Crippen LogP contribution is -2.42. The predicted octanol–water partition coefficient (Wildman–Crippen LogP) is 2.15. The number of anilines is 1. The molecule has 0 amide bonds. The van der Waals surface area contributed by atoms with Crippen molar-refractivity contribution in [1.82, 2.24) is 14.5 Å². The molecule has 0 bridgehead atoms. The van der Waals surface area contributed by atoms with Crippen LogP contribution in [0.25, 0.3) is 0 Å². The molecule has 1 fully saturated rings. The van der Waals surface area contributed by atoms with E-state index >= 15 is 0 Å². The second-order valence-corrected chi connectivity index (χ2v) is 7.61. The quantitative estimate of drug-likeness (QED) is 0.700. The number of aliphatic hydroxyl groups is 1. The van der Waals surface area contributed by atoms with Gasteiger partial charge in [0.25, 0.3) is 0 Å². The van der Waals surface area contributed by atoms with Crippen LogP contribution in [-0.4, -0.2) is 32.9 Å². The fourth-order valence-corrected chi connectivity index (χ4v) is 3.45. The van der Waals surface area contributed by atoms with Gasteiger partial charge in [-0.2, -0.15) is 4.98 Å². The Morgan fingerprint density at radius 3 is 2.54 bits per heavy atom. The number of aromatic nitrogens is 3. The number of benzene rings is 1. The summed E-state index contributed by atoms with van der Waals surface area (Å²) in [6.07, 6.45) is 0.700. The van der Waals surface area contributed by atoms with Crippen LogP contribution >= 0.6 is 0 Å². The first-order chi connectivity index (χ1) is 13.4. The molecule has 3 N–H and O–H groups in total. The van der Waals surface area contributed by atoms with Crippen molar-refractivity contribution in [3.63, 3.8) is 0 Å². The molecule has 1 aliphatic rings. The van der Waals surface area contributed by atoms with Crippen molar-refractivity contribution in [3.8, 4) is 0 Å². The van der Waals surface area contributed by atoms with Gasteiger partial charge in [-0.3, -0.25) is 4.98 Å². The first-order valence-corrected chi connectivity index (χ1v) is 9.72. The lowest BCUT2D eigenvalue weighted by molar-refractivity contribution is 0.0670. The molecule has 3 rings (SSSR count). The maximum atomic E-state index is 12.5. The lowest BCUT2D eigenvalue weighted by Gasteiger charge is -2.23. The third kappa shape index (κ3) is 4.51. The minimum absolute atomic E-state index is 0.106. The molecule has 1 aromatic carbocycles. The molecular weight excluding hydrogens is 360 g/mol. The number of H-pyrrole nitrogens is 1. The van der Waals surface area contributed by atoms with Crippen molar-refractivity contribution >= 4 is 5.95 Å². The summed E-state index contributed by atoms with van der Waals surface area (Å²) in [5.74, 6) is 0.245. The third-order valence-electron chi connectivity index (χ3n) is 5.15. The van der Waals surface area contributed by atoms with Crippen molar-refractivity contribution in [3.05, 3.63) is 56.4 Å². The first kappa shape index (κ1) is 20.3. The zero-order valence-electron chi connectivity index (χ0n) is 16.5. The summed E-state index contributed by atoms with van der Waals surface area (Å²) in [4.78, 5) is 31.5. The molecule has 1 aromatic heterocycles. The van der Waals surface area contributed by atoms with E-state index in [9.17, 15) is 14.7 Å². The second kappa shape index (κ2) is 8.70. The van der Waals surface area contributed by atoms with Gasteiger partial charge in [0.1, 0.15) is 0 Å². The highest BCUT2D eigenvalue weighted by molar-refractivity contribution is 5.33. The van der Waals surface area contributed by atoms with Crippen LogP contribution in [0, 0.1) is 5.92 Å². The smallest absolute Gasteiger partial charge is 0.355 e. The van der Waals surface area contributed by atoms with E-state index in [2.05, 4.69) is 15.3 Å². The van der Waals surface area contributed by atoms with Crippen molar-refractivity contribution in [2.75, 3.05) is 18.5 Å². The summed E-state index contributed by atoms with van der Waals surface area (Å²) < 4.78 is 6.47. The van der Waals surface area contributed by atoms with Gasteiger partial charge in [0.05, 0.1) is 12.1 Å². The summed E-state index contributed by atoms with van der Waals surface area (Å²) in [6, 6.07) is 7.22. The Morgan fingerprint density at radius 1 is 1.21 bits per heavy atom. The molecule has 0 aliphatic carbocycles. The van der Waals surface area contributed by atoms with E-state index in [1.54, 1.807) is 0 Å². The van der Waals surface area contributed by atoms with E-state index in [1.807, 2.05) is 45.0 Å². The number of hydrogen-bond acceptors (Lipinski definition) is 6. The maximum absolute atomic E-state index is 12.5. The van der Waals surface area contributed by atoms with Gasteiger partial charge in [0, 0.05) is 19.3 Å². The Labute approximate surface area is 163 Å². The molecule has 8 nitrogen and oxygen atoms in total. The molecule has 8 heteroatoms. The maximum Gasteiger partial charge on any atom is 0.355 e. The van der Waals surface area contributed by atoms with Gasteiger partial charge >= 0.3 is 11.4 Å². The van der Waals surface area contributed by atoms with Gasteiger partial charge in [-0.1, -0.05) is 38.1 Å². The van der Waals surface area contributed by atoms with Gasteiger partial charge in [0.2, 0.25) is 5.95 Å². The largest absolute Gasteiger partial charge is 0.388 e. The summed E-state index contributed by atoms with van der Waals surface area (Å²) in [6.45, 7) is 6.89. The summed E-state index contributed by atoms with van der Waals surface area (Å²) in [7, 11) is 0. The number of hydrogen-bond donors (Lipinski definition) is 3. The highest BCUT2D eigenvalue weighted by Crippen LogP contribution is 2.25. The van der Waals surface area contributed by atoms with E-state index in [4.69, 9.17) is 4.74 Å². The van der Waals surface area contributed by atoms with Crippen LogP contribution in [0.1, 0.15) is 62.9 Å². The SMILES string of the molecule is CC(C)[C@@H](O)c1cccc([C@H](C)Nc2nc(=O)n(C3CCOCC3)c(=O)[nH]2)c1. The van der Waals surface area contributed by atoms with Crippen molar-refractivity contribution in [2.45, 2.75) is 51.8 Å². The average Bonchev–Trinajstić information content (AvgIpc) is 2.67. The van der Waals surface area contributed by atoms with Crippen LogP contribution in [0.3, 0.4) is 0 Å². The molecule has 0 saturated carbocycles. The molecule has 0 radical (unpaired) electrons. The number of nitrogens with one attached hydrogen (secondary N) is 2. The Hall–Kier alpha value is -2.45. The molecule has 0 unspecified atom stereocenters. The van der Waals surface area contributed by atoms with E-state index in [0.717, 1.165) is 11.1 Å².